The lowest BCUT2D eigenvalue weighted by atomic mass is 9.94. The number of ether oxygens (including phenoxy) is 3. The topological polar surface area (TPSA) is 85.2 Å². The maximum Gasteiger partial charge on any atom is 0.204 e. The van der Waals surface area contributed by atoms with Gasteiger partial charge in [0, 0.05) is 11.6 Å². The predicted octanol–water partition coefficient (Wildman–Crippen LogP) is 2.82. The molecule has 0 saturated heterocycles. The highest BCUT2D eigenvalue weighted by molar-refractivity contribution is 6.04. The quantitative estimate of drug-likeness (QED) is 0.905. The highest BCUT2D eigenvalue weighted by Gasteiger charge is 2.35. The molecule has 2 aromatic rings. The number of fused-ring (bicyclic) bond motifs is 1. The summed E-state index contributed by atoms with van der Waals surface area (Å²) >= 11 is 0. The number of hydrogen-bond acceptors (Lipinski definition) is 6. The minimum Gasteiger partial charge on any atom is -0.508 e. The van der Waals surface area contributed by atoms with Crippen LogP contribution in [0.15, 0.2) is 30.3 Å². The van der Waals surface area contributed by atoms with Crippen LogP contribution in [0.3, 0.4) is 0 Å². The van der Waals surface area contributed by atoms with Gasteiger partial charge in [0.25, 0.3) is 0 Å². The Hall–Kier alpha value is -2.89. The molecular weight excluding hydrogens is 300 g/mol. The summed E-state index contributed by atoms with van der Waals surface area (Å²) in [7, 11) is 2.78. The number of Topliss-reactive ketones (excluding diaryl/α,β-unsaturated/α-hetero) is 1. The van der Waals surface area contributed by atoms with E-state index in [1.165, 1.54) is 26.4 Å². The summed E-state index contributed by atoms with van der Waals surface area (Å²) in [5, 5.41) is 20.0. The van der Waals surface area contributed by atoms with Gasteiger partial charge in [-0.3, -0.25) is 4.79 Å². The zero-order chi connectivity index (χ0) is 16.6. The SMILES string of the molecule is COc1cc(O)c(OC)c2c1C(=O)C[C@H](c1ccccc1O)O2. The minimum absolute atomic E-state index is 0.0415. The van der Waals surface area contributed by atoms with Crippen LogP contribution in [0.4, 0.5) is 0 Å². The summed E-state index contributed by atoms with van der Waals surface area (Å²) in [5.74, 6) is 0.0467. The van der Waals surface area contributed by atoms with E-state index in [1.807, 2.05) is 0 Å². The fourth-order valence-corrected chi connectivity index (χ4v) is 2.73. The molecule has 0 aromatic heterocycles. The highest BCUT2D eigenvalue weighted by atomic mass is 16.5. The molecule has 0 aliphatic carbocycles. The summed E-state index contributed by atoms with van der Waals surface area (Å²) < 4.78 is 16.2. The lowest BCUT2D eigenvalue weighted by Gasteiger charge is -2.28. The molecule has 2 aromatic carbocycles. The first-order valence-corrected chi connectivity index (χ1v) is 7.02. The summed E-state index contributed by atoms with van der Waals surface area (Å²) in [5.41, 5.74) is 0.727. The van der Waals surface area contributed by atoms with Gasteiger partial charge in [-0.1, -0.05) is 18.2 Å². The molecule has 0 spiro atoms. The van der Waals surface area contributed by atoms with E-state index in [0.29, 0.717) is 5.56 Å². The van der Waals surface area contributed by atoms with E-state index in [2.05, 4.69) is 0 Å². The molecule has 23 heavy (non-hydrogen) atoms. The highest BCUT2D eigenvalue weighted by Crippen LogP contribution is 2.50. The maximum absolute atomic E-state index is 12.6. The summed E-state index contributed by atoms with van der Waals surface area (Å²) in [6, 6.07) is 7.97. The third-order valence-electron chi connectivity index (χ3n) is 3.80. The van der Waals surface area contributed by atoms with Gasteiger partial charge in [0.2, 0.25) is 5.75 Å². The molecule has 0 unspecified atom stereocenters. The predicted molar refractivity (Wildman–Crippen MR) is 81.6 cm³/mol. The van der Waals surface area contributed by atoms with Crippen LogP contribution in [0.1, 0.15) is 28.4 Å². The van der Waals surface area contributed by atoms with Gasteiger partial charge in [0.05, 0.1) is 20.6 Å². The number of rotatable bonds is 3. The first-order valence-electron chi connectivity index (χ1n) is 7.02. The first kappa shape index (κ1) is 15.0. The van der Waals surface area contributed by atoms with Crippen LogP contribution in [-0.2, 0) is 0 Å². The largest absolute Gasteiger partial charge is 0.508 e. The van der Waals surface area contributed by atoms with Gasteiger partial charge < -0.3 is 24.4 Å². The number of aromatic hydroxyl groups is 2. The van der Waals surface area contributed by atoms with Crippen molar-refractivity contribution >= 4 is 5.78 Å². The van der Waals surface area contributed by atoms with Gasteiger partial charge in [-0.2, -0.15) is 0 Å². The second kappa shape index (κ2) is 5.72. The third-order valence-corrected chi connectivity index (χ3v) is 3.80. The van der Waals surface area contributed by atoms with Crippen molar-refractivity contribution in [3.8, 4) is 28.7 Å². The fraction of sp³-hybridized carbons (Fsp3) is 0.235. The molecule has 120 valence electrons. The number of carbonyl (C=O) groups excluding carboxylic acids is 1. The van der Waals surface area contributed by atoms with E-state index in [0.717, 1.165) is 0 Å². The Morgan fingerprint density at radius 3 is 2.52 bits per heavy atom. The van der Waals surface area contributed by atoms with Crippen molar-refractivity contribution in [1.29, 1.82) is 0 Å². The van der Waals surface area contributed by atoms with Crippen LogP contribution < -0.4 is 14.2 Å². The van der Waals surface area contributed by atoms with Crippen LogP contribution in [0.25, 0.3) is 0 Å². The van der Waals surface area contributed by atoms with Gasteiger partial charge in [0.1, 0.15) is 23.2 Å². The molecule has 2 N–H and O–H groups in total. The molecule has 3 rings (SSSR count). The monoisotopic (exact) mass is 316 g/mol. The van der Waals surface area contributed by atoms with Gasteiger partial charge in [-0.15, -0.1) is 0 Å². The molecule has 0 amide bonds. The van der Waals surface area contributed by atoms with Crippen molar-refractivity contribution in [1.82, 2.24) is 0 Å². The molecule has 0 fully saturated rings. The lowest BCUT2D eigenvalue weighted by molar-refractivity contribution is 0.0833. The number of phenolic OH excluding ortho intramolecular Hbond substituents is 2. The van der Waals surface area contributed by atoms with Crippen molar-refractivity contribution in [3.05, 3.63) is 41.5 Å². The van der Waals surface area contributed by atoms with Crippen LogP contribution in [0.5, 0.6) is 28.7 Å². The maximum atomic E-state index is 12.6. The van der Waals surface area contributed by atoms with Crippen LogP contribution in [0.2, 0.25) is 0 Å². The molecule has 0 radical (unpaired) electrons. The zero-order valence-electron chi connectivity index (χ0n) is 12.7. The number of ketones is 1. The molecule has 6 nitrogen and oxygen atoms in total. The second-order valence-electron chi connectivity index (χ2n) is 5.13. The number of para-hydroxylation sites is 1. The van der Waals surface area contributed by atoms with Gasteiger partial charge >= 0.3 is 0 Å². The molecular formula is C17H16O6. The molecule has 1 aliphatic rings. The van der Waals surface area contributed by atoms with Crippen LogP contribution in [-0.4, -0.2) is 30.2 Å². The van der Waals surface area contributed by atoms with E-state index >= 15 is 0 Å². The van der Waals surface area contributed by atoms with E-state index in [9.17, 15) is 15.0 Å². The Bertz CT molecular complexity index is 768. The average Bonchev–Trinajstić information content (AvgIpc) is 2.54. The molecule has 0 bridgehead atoms. The third kappa shape index (κ3) is 2.42. The minimum atomic E-state index is -0.670. The van der Waals surface area contributed by atoms with Gasteiger partial charge in [-0.05, 0) is 6.07 Å². The summed E-state index contributed by atoms with van der Waals surface area (Å²) in [6.45, 7) is 0. The second-order valence-corrected chi connectivity index (χ2v) is 5.13. The zero-order valence-corrected chi connectivity index (χ0v) is 12.7. The Morgan fingerprint density at radius 2 is 1.87 bits per heavy atom. The lowest BCUT2D eigenvalue weighted by Crippen LogP contribution is -2.21. The Morgan fingerprint density at radius 1 is 1.13 bits per heavy atom. The summed E-state index contributed by atoms with van der Waals surface area (Å²) in [4.78, 5) is 12.6. The van der Waals surface area contributed by atoms with Crippen molar-refractivity contribution in [2.45, 2.75) is 12.5 Å². The molecule has 6 heteroatoms. The standard InChI is InChI=1S/C17H16O6/c1-21-14-8-12(20)16(22-2)17-15(14)11(19)7-13(23-17)9-5-3-4-6-10(9)18/h3-6,8,13,18,20H,7H2,1-2H3/t13-/m1/s1. The van der Waals surface area contributed by atoms with E-state index in [-0.39, 0.29) is 46.5 Å². The molecule has 1 heterocycles. The molecule has 0 saturated carbocycles. The number of benzene rings is 2. The van der Waals surface area contributed by atoms with Crippen LogP contribution >= 0.6 is 0 Å². The Balaban J connectivity index is 2.14. The Kier molecular flexibility index (Phi) is 3.73. The first-order chi connectivity index (χ1) is 11.1. The number of hydrogen-bond donors (Lipinski definition) is 2. The summed E-state index contributed by atoms with van der Waals surface area (Å²) in [6.07, 6.45) is -0.619. The van der Waals surface area contributed by atoms with Crippen molar-refractivity contribution < 1.29 is 29.2 Å². The molecule has 1 atom stereocenters. The van der Waals surface area contributed by atoms with Crippen molar-refractivity contribution in [2.75, 3.05) is 14.2 Å². The normalized spacial score (nSPS) is 16.4. The number of phenols is 2. The van der Waals surface area contributed by atoms with Gasteiger partial charge in [0.15, 0.2) is 17.3 Å². The van der Waals surface area contributed by atoms with E-state index < -0.39 is 6.10 Å². The number of carbonyl (C=O) groups is 1. The van der Waals surface area contributed by atoms with Crippen LogP contribution in [0, 0.1) is 0 Å². The average molecular weight is 316 g/mol. The van der Waals surface area contributed by atoms with Crippen molar-refractivity contribution in [3.63, 3.8) is 0 Å². The van der Waals surface area contributed by atoms with Gasteiger partial charge in [-0.25, -0.2) is 0 Å². The van der Waals surface area contributed by atoms with E-state index in [4.69, 9.17) is 14.2 Å². The van der Waals surface area contributed by atoms with E-state index in [1.54, 1.807) is 18.2 Å². The Labute approximate surface area is 132 Å². The van der Waals surface area contributed by atoms with Crippen molar-refractivity contribution in [2.24, 2.45) is 0 Å². The smallest absolute Gasteiger partial charge is 0.204 e. The number of methoxy groups -OCH3 is 2. The molecule has 1 aliphatic heterocycles. The fourth-order valence-electron chi connectivity index (χ4n) is 2.73.